The van der Waals surface area contributed by atoms with Crippen molar-refractivity contribution in [3.05, 3.63) is 59.2 Å². The molecule has 2 aromatic rings. The summed E-state index contributed by atoms with van der Waals surface area (Å²) >= 11 is 0. The van der Waals surface area contributed by atoms with E-state index < -0.39 is 17.5 Å². The van der Waals surface area contributed by atoms with Crippen LogP contribution in [0.25, 0.3) is 0 Å². The molecule has 0 saturated carbocycles. The summed E-state index contributed by atoms with van der Waals surface area (Å²) in [6.45, 7) is 1.41. The number of carbonyl (C=O) groups is 1. The average molecular weight is 466 g/mol. The second kappa shape index (κ2) is 7.92. The van der Waals surface area contributed by atoms with Gasteiger partial charge in [0.1, 0.15) is 17.4 Å². The maximum Gasteiger partial charge on any atom is 0.342 e. The quantitative estimate of drug-likeness (QED) is 0.493. The number of rotatable bonds is 5. The fraction of sp³-hybridized carbons (Fsp3) is 0.423. The van der Waals surface area contributed by atoms with Crippen molar-refractivity contribution < 1.29 is 33.2 Å². The van der Waals surface area contributed by atoms with E-state index in [-0.39, 0.29) is 18.9 Å². The largest absolute Gasteiger partial charge is 0.496 e. The third-order valence-electron chi connectivity index (χ3n) is 7.60. The van der Waals surface area contributed by atoms with Crippen molar-refractivity contribution >= 4 is 5.97 Å². The van der Waals surface area contributed by atoms with Crippen molar-refractivity contribution in [1.82, 2.24) is 4.90 Å². The Balaban J connectivity index is 1.48. The molecule has 0 radical (unpaired) electrons. The molecule has 1 aliphatic carbocycles. The first kappa shape index (κ1) is 21.3. The molecule has 0 aromatic heterocycles. The van der Waals surface area contributed by atoms with E-state index in [0.717, 1.165) is 17.5 Å². The van der Waals surface area contributed by atoms with Crippen molar-refractivity contribution in [1.29, 1.82) is 0 Å². The van der Waals surface area contributed by atoms with E-state index in [1.165, 1.54) is 0 Å². The monoisotopic (exact) mass is 465 g/mol. The molecular weight excluding hydrogens is 438 g/mol. The molecule has 3 heterocycles. The van der Waals surface area contributed by atoms with Gasteiger partial charge in [-0.3, -0.25) is 4.90 Å². The zero-order valence-corrected chi connectivity index (χ0v) is 19.4. The Morgan fingerprint density at radius 2 is 2.00 bits per heavy atom. The third-order valence-corrected chi connectivity index (χ3v) is 7.60. The smallest absolute Gasteiger partial charge is 0.342 e. The van der Waals surface area contributed by atoms with Crippen LogP contribution in [-0.2, 0) is 21.4 Å². The maximum atomic E-state index is 13.3. The van der Waals surface area contributed by atoms with Crippen LogP contribution in [0.1, 0.15) is 27.9 Å². The van der Waals surface area contributed by atoms with E-state index in [0.29, 0.717) is 41.7 Å². The van der Waals surface area contributed by atoms with Crippen molar-refractivity contribution in [2.24, 2.45) is 0 Å². The van der Waals surface area contributed by atoms with Crippen LogP contribution in [0.4, 0.5) is 0 Å². The molecule has 6 rings (SSSR count). The highest BCUT2D eigenvalue weighted by molar-refractivity contribution is 5.92. The topological polar surface area (TPSA) is 75.7 Å². The Hall–Kier alpha value is -3.23. The predicted molar refractivity (Wildman–Crippen MR) is 122 cm³/mol. The van der Waals surface area contributed by atoms with Gasteiger partial charge in [0.05, 0.1) is 25.7 Å². The summed E-state index contributed by atoms with van der Waals surface area (Å²) in [6.07, 6.45) is 4.63. The number of benzene rings is 2. The molecule has 0 spiro atoms. The summed E-state index contributed by atoms with van der Waals surface area (Å²) in [5.41, 5.74) is 1.94. The van der Waals surface area contributed by atoms with Gasteiger partial charge in [0.2, 0.25) is 12.5 Å². The molecule has 0 N–H and O–H groups in total. The van der Waals surface area contributed by atoms with Crippen LogP contribution in [0.15, 0.2) is 42.5 Å². The minimum Gasteiger partial charge on any atom is -0.496 e. The number of para-hydroxylation sites is 1. The van der Waals surface area contributed by atoms with Gasteiger partial charge < -0.3 is 28.4 Å². The lowest BCUT2D eigenvalue weighted by Crippen LogP contribution is -2.53. The van der Waals surface area contributed by atoms with Gasteiger partial charge in [-0.25, -0.2) is 4.79 Å². The molecule has 34 heavy (non-hydrogen) atoms. The second-order valence-electron chi connectivity index (χ2n) is 9.01. The maximum absolute atomic E-state index is 13.3. The average Bonchev–Trinajstić information content (AvgIpc) is 3.43. The number of esters is 1. The highest BCUT2D eigenvalue weighted by atomic mass is 16.7. The Kier molecular flexibility index (Phi) is 4.97. The fourth-order valence-electron chi connectivity index (χ4n) is 6.08. The number of fused-ring (bicyclic) bond motifs is 2. The molecule has 5 atom stereocenters. The Bertz CT molecular complexity index is 1180. The van der Waals surface area contributed by atoms with Crippen LogP contribution in [0.3, 0.4) is 0 Å². The Morgan fingerprint density at radius 3 is 2.79 bits per heavy atom. The molecule has 2 aromatic carbocycles. The first-order chi connectivity index (χ1) is 16.6. The number of ether oxygens (including phenoxy) is 6. The normalized spacial score (nSPS) is 29.9. The van der Waals surface area contributed by atoms with Gasteiger partial charge in [-0.05, 0) is 30.2 Å². The van der Waals surface area contributed by atoms with Crippen LogP contribution >= 0.6 is 0 Å². The summed E-state index contributed by atoms with van der Waals surface area (Å²) in [5.74, 6) is 2.06. The van der Waals surface area contributed by atoms with Crippen LogP contribution in [0.5, 0.6) is 23.0 Å². The van der Waals surface area contributed by atoms with Crippen LogP contribution in [-0.4, -0.2) is 63.8 Å². The van der Waals surface area contributed by atoms with E-state index >= 15 is 0 Å². The molecule has 8 heteroatoms. The first-order valence-electron chi connectivity index (χ1n) is 11.4. The summed E-state index contributed by atoms with van der Waals surface area (Å²) in [4.78, 5) is 15.7. The SMILES string of the molecule is COc1ccccc1C(=O)O[C@@H]1CN2Cc3c(cc4c(c3OC)OCO4)[C@@]13C=C[C@H](OC)C[C@H]23. The minimum atomic E-state index is -0.561. The van der Waals surface area contributed by atoms with E-state index in [9.17, 15) is 4.79 Å². The predicted octanol–water partition coefficient (Wildman–Crippen LogP) is 3.07. The lowest BCUT2D eigenvalue weighted by Gasteiger charge is -2.46. The molecule has 2 bridgehead atoms. The van der Waals surface area contributed by atoms with E-state index in [1.807, 2.05) is 12.1 Å². The number of hydrogen-bond donors (Lipinski definition) is 0. The van der Waals surface area contributed by atoms with Gasteiger partial charge in [0.25, 0.3) is 0 Å². The van der Waals surface area contributed by atoms with Gasteiger partial charge >= 0.3 is 5.97 Å². The Labute approximate surface area is 197 Å². The molecule has 0 amide bonds. The van der Waals surface area contributed by atoms with Gasteiger partial charge in [-0.15, -0.1) is 0 Å². The molecule has 1 saturated heterocycles. The van der Waals surface area contributed by atoms with Crippen LogP contribution in [0.2, 0.25) is 0 Å². The number of nitrogens with zero attached hydrogens (tertiary/aromatic N) is 1. The number of hydrogen-bond acceptors (Lipinski definition) is 8. The second-order valence-corrected chi connectivity index (χ2v) is 9.01. The fourth-order valence-corrected chi connectivity index (χ4v) is 6.08. The number of carbonyl (C=O) groups excluding carboxylic acids is 1. The summed E-state index contributed by atoms with van der Waals surface area (Å²) in [7, 11) is 4.92. The molecule has 4 aliphatic rings. The number of methoxy groups -OCH3 is 3. The lowest BCUT2D eigenvalue weighted by molar-refractivity contribution is 0.0184. The molecule has 8 nitrogen and oxygen atoms in total. The van der Waals surface area contributed by atoms with Gasteiger partial charge in [0, 0.05) is 31.8 Å². The van der Waals surface area contributed by atoms with Crippen molar-refractivity contribution in [2.75, 3.05) is 34.7 Å². The van der Waals surface area contributed by atoms with E-state index in [2.05, 4.69) is 17.1 Å². The van der Waals surface area contributed by atoms with Crippen molar-refractivity contribution in [3.63, 3.8) is 0 Å². The first-order valence-corrected chi connectivity index (χ1v) is 11.4. The van der Waals surface area contributed by atoms with Gasteiger partial charge in [-0.2, -0.15) is 0 Å². The summed E-state index contributed by atoms with van der Waals surface area (Å²) in [5, 5.41) is 0. The summed E-state index contributed by atoms with van der Waals surface area (Å²) < 4.78 is 34.6. The van der Waals surface area contributed by atoms with Crippen molar-refractivity contribution in [2.45, 2.75) is 36.6 Å². The van der Waals surface area contributed by atoms with Gasteiger partial charge in [-0.1, -0.05) is 24.3 Å². The molecular formula is C26H27NO7. The third kappa shape index (κ3) is 2.88. The van der Waals surface area contributed by atoms with E-state index in [1.54, 1.807) is 39.5 Å². The zero-order valence-electron chi connectivity index (χ0n) is 19.4. The minimum absolute atomic E-state index is 0.00162. The van der Waals surface area contributed by atoms with Crippen LogP contribution < -0.4 is 18.9 Å². The standard InChI is InChI=1S/C26H27NO7/c1-29-15-8-9-26-18-11-20-24(33-14-32-20)23(31-3)17(18)12-27(21(26)10-15)13-22(26)34-25(28)16-6-4-5-7-19(16)30-2/h4-9,11,15,21-22H,10,12-14H2,1-3H3/t15-,21-,22+,26+/m0/s1. The molecule has 1 fully saturated rings. The van der Waals surface area contributed by atoms with Gasteiger partial charge in [0.15, 0.2) is 11.5 Å². The van der Waals surface area contributed by atoms with Crippen molar-refractivity contribution in [3.8, 4) is 23.0 Å². The van der Waals surface area contributed by atoms with E-state index in [4.69, 9.17) is 28.4 Å². The molecule has 1 unspecified atom stereocenters. The summed E-state index contributed by atoms with van der Waals surface area (Å²) in [6, 6.07) is 9.27. The Morgan fingerprint density at radius 1 is 1.15 bits per heavy atom. The van der Waals surface area contributed by atoms with Crippen LogP contribution in [0, 0.1) is 0 Å². The molecule has 178 valence electrons. The highest BCUT2D eigenvalue weighted by Gasteiger charge is 2.61. The highest BCUT2D eigenvalue weighted by Crippen LogP contribution is 2.58. The zero-order chi connectivity index (χ0) is 23.4. The molecule has 3 aliphatic heterocycles. The lowest BCUT2D eigenvalue weighted by atomic mass is 9.65.